The number of anilines is 1. The maximum Gasteiger partial charge on any atom is 0.346 e. The molecule has 0 bridgehead atoms. The summed E-state index contributed by atoms with van der Waals surface area (Å²) in [5, 5.41) is 0. The number of carbonyl (C=O) groups excluding carboxylic acids is 1. The standard InChI is InChI=1S/C10H12BrNO3/c1-6(10(13)14-2)15-9-5-7(12)3-4-8(9)11/h3-6H,12H2,1-2H3. The van der Waals surface area contributed by atoms with Gasteiger partial charge in [-0.15, -0.1) is 0 Å². The van der Waals surface area contributed by atoms with Gasteiger partial charge >= 0.3 is 5.97 Å². The Kier molecular flexibility index (Phi) is 3.96. The molecule has 0 aliphatic heterocycles. The van der Waals surface area contributed by atoms with Gasteiger partial charge in [-0.25, -0.2) is 4.79 Å². The number of esters is 1. The van der Waals surface area contributed by atoms with Crippen molar-refractivity contribution in [2.45, 2.75) is 13.0 Å². The van der Waals surface area contributed by atoms with Crippen LogP contribution in [0.5, 0.6) is 5.75 Å². The predicted octanol–water partition coefficient (Wildman–Crippen LogP) is 1.97. The van der Waals surface area contributed by atoms with Gasteiger partial charge in [0.15, 0.2) is 6.10 Å². The molecule has 1 atom stereocenters. The van der Waals surface area contributed by atoms with E-state index in [2.05, 4.69) is 20.7 Å². The molecule has 0 fully saturated rings. The molecule has 0 aliphatic rings. The molecule has 0 spiro atoms. The summed E-state index contributed by atoms with van der Waals surface area (Å²) in [7, 11) is 1.32. The summed E-state index contributed by atoms with van der Waals surface area (Å²) in [6.07, 6.45) is -0.659. The molecule has 1 aromatic rings. The molecule has 5 heteroatoms. The molecule has 2 N–H and O–H groups in total. The smallest absolute Gasteiger partial charge is 0.346 e. The third kappa shape index (κ3) is 3.13. The van der Waals surface area contributed by atoms with Gasteiger partial charge in [0.1, 0.15) is 5.75 Å². The fraction of sp³-hybridized carbons (Fsp3) is 0.300. The molecule has 0 heterocycles. The van der Waals surface area contributed by atoms with E-state index in [1.807, 2.05) is 0 Å². The second-order valence-electron chi connectivity index (χ2n) is 2.97. The van der Waals surface area contributed by atoms with Crippen molar-refractivity contribution < 1.29 is 14.3 Å². The minimum atomic E-state index is -0.659. The number of ether oxygens (including phenoxy) is 2. The van der Waals surface area contributed by atoms with Crippen molar-refractivity contribution in [3.8, 4) is 5.75 Å². The van der Waals surface area contributed by atoms with Crippen LogP contribution in [0.4, 0.5) is 5.69 Å². The van der Waals surface area contributed by atoms with E-state index in [-0.39, 0.29) is 0 Å². The summed E-state index contributed by atoms with van der Waals surface area (Å²) in [6.45, 7) is 1.61. The second-order valence-corrected chi connectivity index (χ2v) is 3.83. The highest BCUT2D eigenvalue weighted by molar-refractivity contribution is 9.10. The number of nitrogens with two attached hydrogens (primary N) is 1. The van der Waals surface area contributed by atoms with Gasteiger partial charge in [0.25, 0.3) is 0 Å². The number of hydrogen-bond donors (Lipinski definition) is 1. The van der Waals surface area contributed by atoms with Crippen LogP contribution in [-0.2, 0) is 9.53 Å². The van der Waals surface area contributed by atoms with E-state index in [4.69, 9.17) is 10.5 Å². The molecular weight excluding hydrogens is 262 g/mol. The fourth-order valence-electron chi connectivity index (χ4n) is 1.01. The average Bonchev–Trinajstić information content (AvgIpc) is 2.22. The highest BCUT2D eigenvalue weighted by Crippen LogP contribution is 2.27. The lowest BCUT2D eigenvalue weighted by Gasteiger charge is -2.13. The van der Waals surface area contributed by atoms with Crippen LogP contribution in [0.3, 0.4) is 0 Å². The van der Waals surface area contributed by atoms with Crippen molar-refractivity contribution in [1.29, 1.82) is 0 Å². The Morgan fingerprint density at radius 1 is 1.53 bits per heavy atom. The van der Waals surface area contributed by atoms with Crippen LogP contribution < -0.4 is 10.5 Å². The quantitative estimate of drug-likeness (QED) is 0.676. The Balaban J connectivity index is 2.80. The van der Waals surface area contributed by atoms with Crippen LogP contribution in [-0.4, -0.2) is 19.2 Å². The molecule has 0 saturated carbocycles. The molecule has 0 aromatic heterocycles. The molecule has 1 rings (SSSR count). The lowest BCUT2D eigenvalue weighted by molar-refractivity contribution is -0.147. The van der Waals surface area contributed by atoms with E-state index in [1.165, 1.54) is 7.11 Å². The first-order valence-corrected chi connectivity index (χ1v) is 5.13. The van der Waals surface area contributed by atoms with Gasteiger partial charge in [-0.1, -0.05) is 0 Å². The van der Waals surface area contributed by atoms with Crippen LogP contribution >= 0.6 is 15.9 Å². The third-order valence-electron chi connectivity index (χ3n) is 1.79. The van der Waals surface area contributed by atoms with Crippen molar-refractivity contribution in [3.05, 3.63) is 22.7 Å². The largest absolute Gasteiger partial charge is 0.478 e. The summed E-state index contributed by atoms with van der Waals surface area (Å²) >= 11 is 3.30. The number of nitrogen functional groups attached to an aromatic ring is 1. The van der Waals surface area contributed by atoms with Crippen molar-refractivity contribution in [1.82, 2.24) is 0 Å². The highest BCUT2D eigenvalue weighted by atomic mass is 79.9. The lowest BCUT2D eigenvalue weighted by Crippen LogP contribution is -2.25. The monoisotopic (exact) mass is 273 g/mol. The molecule has 82 valence electrons. The van der Waals surface area contributed by atoms with E-state index >= 15 is 0 Å². The van der Waals surface area contributed by atoms with E-state index < -0.39 is 12.1 Å². The van der Waals surface area contributed by atoms with Gasteiger partial charge in [0.2, 0.25) is 0 Å². The van der Waals surface area contributed by atoms with Crippen LogP contribution in [0.2, 0.25) is 0 Å². The Morgan fingerprint density at radius 2 is 2.20 bits per heavy atom. The SMILES string of the molecule is COC(=O)C(C)Oc1cc(N)ccc1Br. The normalized spacial score (nSPS) is 11.9. The average molecular weight is 274 g/mol. The minimum absolute atomic E-state index is 0.427. The zero-order chi connectivity index (χ0) is 11.4. The van der Waals surface area contributed by atoms with Crippen LogP contribution in [0.1, 0.15) is 6.92 Å². The third-order valence-corrected chi connectivity index (χ3v) is 2.45. The lowest BCUT2D eigenvalue weighted by atomic mass is 10.3. The summed E-state index contributed by atoms with van der Waals surface area (Å²) in [5.41, 5.74) is 6.17. The molecule has 1 unspecified atom stereocenters. The van der Waals surface area contributed by atoms with Crippen LogP contribution in [0.25, 0.3) is 0 Å². The molecule has 1 aromatic carbocycles. The number of halogens is 1. The number of hydrogen-bond acceptors (Lipinski definition) is 4. The fourth-order valence-corrected chi connectivity index (χ4v) is 1.35. The Bertz CT molecular complexity index is 368. The first-order valence-electron chi connectivity index (χ1n) is 4.34. The van der Waals surface area contributed by atoms with Crippen molar-refractivity contribution in [2.75, 3.05) is 12.8 Å². The van der Waals surface area contributed by atoms with Crippen LogP contribution in [0, 0.1) is 0 Å². The summed E-state index contributed by atoms with van der Waals surface area (Å²) in [4.78, 5) is 11.1. The van der Waals surface area contributed by atoms with Gasteiger partial charge in [-0.05, 0) is 35.0 Å². The van der Waals surface area contributed by atoms with Crippen molar-refractivity contribution >= 4 is 27.6 Å². The maximum atomic E-state index is 11.1. The Morgan fingerprint density at radius 3 is 2.80 bits per heavy atom. The Labute approximate surface area is 96.5 Å². The summed E-state index contributed by atoms with van der Waals surface area (Å²) < 4.78 is 10.7. The van der Waals surface area contributed by atoms with Crippen LogP contribution in [0.15, 0.2) is 22.7 Å². The van der Waals surface area contributed by atoms with Gasteiger partial charge in [-0.2, -0.15) is 0 Å². The van der Waals surface area contributed by atoms with Crippen molar-refractivity contribution in [3.63, 3.8) is 0 Å². The van der Waals surface area contributed by atoms with Gasteiger partial charge < -0.3 is 15.2 Å². The minimum Gasteiger partial charge on any atom is -0.478 e. The number of rotatable bonds is 3. The first-order chi connectivity index (χ1) is 7.04. The number of methoxy groups -OCH3 is 1. The highest BCUT2D eigenvalue weighted by Gasteiger charge is 2.16. The molecule has 0 amide bonds. The van der Waals surface area contributed by atoms with E-state index in [0.717, 1.165) is 4.47 Å². The Hall–Kier alpha value is -1.23. The molecule has 0 radical (unpaired) electrons. The number of carbonyl (C=O) groups is 1. The van der Waals surface area contributed by atoms with Gasteiger partial charge in [0, 0.05) is 11.8 Å². The van der Waals surface area contributed by atoms with Gasteiger partial charge in [0.05, 0.1) is 11.6 Å². The van der Waals surface area contributed by atoms with Crippen molar-refractivity contribution in [2.24, 2.45) is 0 Å². The summed E-state index contributed by atoms with van der Waals surface area (Å²) in [5.74, 6) is 0.0947. The summed E-state index contributed by atoms with van der Waals surface area (Å²) in [6, 6.07) is 5.14. The molecule has 4 nitrogen and oxygen atoms in total. The van der Waals surface area contributed by atoms with E-state index in [9.17, 15) is 4.79 Å². The zero-order valence-electron chi connectivity index (χ0n) is 8.49. The second kappa shape index (κ2) is 5.02. The predicted molar refractivity (Wildman–Crippen MR) is 60.7 cm³/mol. The van der Waals surface area contributed by atoms with E-state index in [0.29, 0.717) is 11.4 Å². The van der Waals surface area contributed by atoms with Gasteiger partial charge in [-0.3, -0.25) is 0 Å². The molecule has 0 saturated heterocycles. The van der Waals surface area contributed by atoms with E-state index in [1.54, 1.807) is 25.1 Å². The molecular formula is C10H12BrNO3. The topological polar surface area (TPSA) is 61.5 Å². The molecule has 0 aliphatic carbocycles. The molecule has 15 heavy (non-hydrogen) atoms. The first kappa shape index (κ1) is 11.8. The number of benzene rings is 1. The maximum absolute atomic E-state index is 11.1. The zero-order valence-corrected chi connectivity index (χ0v) is 10.1.